The molecule has 0 aromatic rings. The van der Waals surface area contributed by atoms with Crippen molar-refractivity contribution in [2.45, 2.75) is 77.7 Å². The van der Waals surface area contributed by atoms with Crippen molar-refractivity contribution in [3.63, 3.8) is 0 Å². The van der Waals surface area contributed by atoms with Gasteiger partial charge in [-0.2, -0.15) is 5.26 Å². The van der Waals surface area contributed by atoms with Crippen LogP contribution in [0.25, 0.3) is 0 Å². The smallest absolute Gasteiger partial charge is 0.240 e. The molecule has 2 rings (SSSR count). The maximum Gasteiger partial charge on any atom is 0.240 e. The van der Waals surface area contributed by atoms with Crippen LogP contribution in [-0.2, 0) is 4.79 Å². The molecular formula is C16H26N2O. The van der Waals surface area contributed by atoms with Gasteiger partial charge in [0, 0.05) is 6.04 Å². The lowest BCUT2D eigenvalue weighted by Crippen LogP contribution is -2.48. The van der Waals surface area contributed by atoms with Crippen LogP contribution in [0.4, 0.5) is 0 Å². The van der Waals surface area contributed by atoms with Gasteiger partial charge in [0.1, 0.15) is 5.41 Å². The zero-order valence-electron chi connectivity index (χ0n) is 12.3. The summed E-state index contributed by atoms with van der Waals surface area (Å²) in [6.07, 6.45) is 9.21. The fraction of sp³-hybridized carbons (Fsp3) is 0.875. The minimum atomic E-state index is -0.755. The number of nitrogens with zero attached hydrogens (tertiary/aromatic N) is 1. The van der Waals surface area contributed by atoms with E-state index < -0.39 is 5.41 Å². The number of carbonyl (C=O) groups is 1. The van der Waals surface area contributed by atoms with Crippen molar-refractivity contribution in [3.8, 4) is 6.07 Å². The predicted molar refractivity (Wildman–Crippen MR) is 75.3 cm³/mol. The van der Waals surface area contributed by atoms with E-state index in [1.54, 1.807) is 0 Å². The second kappa shape index (κ2) is 5.53. The van der Waals surface area contributed by atoms with E-state index in [-0.39, 0.29) is 17.4 Å². The first-order valence-corrected chi connectivity index (χ1v) is 7.72. The van der Waals surface area contributed by atoms with Crippen molar-refractivity contribution in [3.05, 3.63) is 0 Å². The normalized spacial score (nSPS) is 29.2. The molecule has 19 heavy (non-hydrogen) atoms. The van der Waals surface area contributed by atoms with Crippen LogP contribution in [0.1, 0.15) is 71.6 Å². The van der Waals surface area contributed by atoms with Crippen molar-refractivity contribution < 1.29 is 4.79 Å². The molecule has 0 bridgehead atoms. The number of carbonyl (C=O) groups excluding carboxylic acids is 1. The van der Waals surface area contributed by atoms with Crippen molar-refractivity contribution in [1.82, 2.24) is 5.32 Å². The van der Waals surface area contributed by atoms with Crippen molar-refractivity contribution in [1.29, 1.82) is 5.26 Å². The number of nitrogens with one attached hydrogen (secondary N) is 1. The van der Waals surface area contributed by atoms with Crippen LogP contribution in [0.5, 0.6) is 0 Å². The van der Waals surface area contributed by atoms with Gasteiger partial charge in [0.2, 0.25) is 5.91 Å². The summed E-state index contributed by atoms with van der Waals surface area (Å²) in [5.74, 6) is -0.00289. The maximum absolute atomic E-state index is 12.6. The molecule has 3 nitrogen and oxygen atoms in total. The molecule has 0 radical (unpaired) electrons. The Kier molecular flexibility index (Phi) is 4.18. The van der Waals surface area contributed by atoms with Gasteiger partial charge in [0.25, 0.3) is 0 Å². The molecule has 2 saturated carbocycles. The monoisotopic (exact) mass is 262 g/mol. The second-order valence-corrected chi connectivity index (χ2v) is 7.01. The summed E-state index contributed by atoms with van der Waals surface area (Å²) >= 11 is 0. The van der Waals surface area contributed by atoms with Crippen LogP contribution in [0.2, 0.25) is 0 Å². The van der Waals surface area contributed by atoms with Gasteiger partial charge in [-0.1, -0.05) is 46.0 Å². The summed E-state index contributed by atoms with van der Waals surface area (Å²) in [6.45, 7) is 4.44. The lowest BCUT2D eigenvalue weighted by Gasteiger charge is -2.32. The summed E-state index contributed by atoms with van der Waals surface area (Å²) < 4.78 is 0. The first kappa shape index (κ1) is 14.4. The highest BCUT2D eigenvalue weighted by Gasteiger charge is 2.43. The quantitative estimate of drug-likeness (QED) is 0.774. The first-order chi connectivity index (χ1) is 9.00. The van der Waals surface area contributed by atoms with Gasteiger partial charge in [-0.25, -0.2) is 0 Å². The summed E-state index contributed by atoms with van der Waals surface area (Å²) in [6, 6.07) is 2.59. The van der Waals surface area contributed by atoms with Gasteiger partial charge in [0.15, 0.2) is 0 Å². The maximum atomic E-state index is 12.6. The van der Waals surface area contributed by atoms with Gasteiger partial charge in [0.05, 0.1) is 6.07 Å². The van der Waals surface area contributed by atoms with Gasteiger partial charge in [-0.3, -0.25) is 4.79 Å². The highest BCUT2D eigenvalue weighted by Crippen LogP contribution is 2.39. The number of hydrogen-bond acceptors (Lipinski definition) is 2. The third-order valence-electron chi connectivity index (χ3n) is 5.17. The van der Waals surface area contributed by atoms with E-state index in [4.69, 9.17) is 0 Å². The summed E-state index contributed by atoms with van der Waals surface area (Å²) in [4.78, 5) is 12.6. The van der Waals surface area contributed by atoms with Crippen molar-refractivity contribution in [2.75, 3.05) is 0 Å². The van der Waals surface area contributed by atoms with Crippen LogP contribution in [0.3, 0.4) is 0 Å². The number of rotatable bonds is 2. The first-order valence-electron chi connectivity index (χ1n) is 7.72. The Labute approximate surface area is 116 Å². The topological polar surface area (TPSA) is 52.9 Å². The van der Waals surface area contributed by atoms with Crippen LogP contribution < -0.4 is 5.32 Å². The Bertz CT molecular complexity index is 373. The Morgan fingerprint density at radius 2 is 1.74 bits per heavy atom. The van der Waals surface area contributed by atoms with Crippen LogP contribution >= 0.6 is 0 Å². The van der Waals surface area contributed by atoms with Crippen LogP contribution in [-0.4, -0.2) is 11.9 Å². The van der Waals surface area contributed by atoms with E-state index in [9.17, 15) is 10.1 Å². The SMILES string of the molecule is CC1(C)CCCC1NC(=O)C1(C#N)CCCCCC1. The third kappa shape index (κ3) is 2.94. The van der Waals surface area contributed by atoms with E-state index in [1.807, 2.05) is 0 Å². The highest BCUT2D eigenvalue weighted by atomic mass is 16.2. The number of hydrogen-bond donors (Lipinski definition) is 1. The van der Waals surface area contributed by atoms with Gasteiger partial charge in [-0.15, -0.1) is 0 Å². The molecule has 1 amide bonds. The summed E-state index contributed by atoms with van der Waals surface area (Å²) in [7, 11) is 0. The predicted octanol–water partition coefficient (Wildman–Crippen LogP) is 3.55. The fourth-order valence-electron chi connectivity index (χ4n) is 3.61. The van der Waals surface area contributed by atoms with E-state index in [2.05, 4.69) is 25.2 Å². The van der Waals surface area contributed by atoms with Gasteiger partial charge >= 0.3 is 0 Å². The summed E-state index contributed by atoms with van der Waals surface area (Å²) in [5, 5.41) is 12.7. The van der Waals surface area contributed by atoms with Crippen LogP contribution in [0.15, 0.2) is 0 Å². The minimum absolute atomic E-state index is 0.00289. The molecular weight excluding hydrogens is 236 g/mol. The van der Waals surface area contributed by atoms with E-state index in [0.29, 0.717) is 0 Å². The molecule has 1 atom stereocenters. The van der Waals surface area contributed by atoms with Gasteiger partial charge < -0.3 is 5.32 Å². The standard InChI is InChI=1S/C16H26N2O/c1-15(2)9-7-8-13(15)18-14(19)16(12-17)10-5-3-4-6-11-16/h13H,3-11H2,1-2H3,(H,18,19). The molecule has 1 N–H and O–H groups in total. The molecule has 0 aromatic carbocycles. The molecule has 0 heterocycles. The Balaban J connectivity index is 2.07. The molecule has 2 aliphatic rings. The molecule has 0 aliphatic heterocycles. The van der Waals surface area contributed by atoms with Crippen LogP contribution in [0, 0.1) is 22.2 Å². The molecule has 2 aliphatic carbocycles. The molecule has 0 spiro atoms. The van der Waals surface area contributed by atoms with E-state index in [1.165, 1.54) is 6.42 Å². The average Bonchev–Trinajstić information content (AvgIpc) is 2.60. The number of amides is 1. The van der Waals surface area contributed by atoms with Crippen molar-refractivity contribution >= 4 is 5.91 Å². The Hall–Kier alpha value is -1.04. The lowest BCUT2D eigenvalue weighted by molar-refractivity contribution is -0.130. The molecule has 0 saturated heterocycles. The average molecular weight is 262 g/mol. The van der Waals surface area contributed by atoms with E-state index in [0.717, 1.165) is 51.4 Å². The molecule has 1 unspecified atom stereocenters. The highest BCUT2D eigenvalue weighted by molar-refractivity contribution is 5.85. The zero-order chi connectivity index (χ0) is 13.9. The largest absolute Gasteiger partial charge is 0.351 e. The Morgan fingerprint density at radius 1 is 1.11 bits per heavy atom. The van der Waals surface area contributed by atoms with Gasteiger partial charge in [-0.05, 0) is 31.1 Å². The summed E-state index contributed by atoms with van der Waals surface area (Å²) in [5.41, 5.74) is -0.577. The van der Waals surface area contributed by atoms with Crippen molar-refractivity contribution in [2.24, 2.45) is 10.8 Å². The lowest BCUT2D eigenvalue weighted by atomic mass is 9.79. The Morgan fingerprint density at radius 3 is 2.21 bits per heavy atom. The zero-order valence-corrected chi connectivity index (χ0v) is 12.3. The molecule has 0 aromatic heterocycles. The van der Waals surface area contributed by atoms with E-state index >= 15 is 0 Å². The second-order valence-electron chi connectivity index (χ2n) is 7.01. The fourth-order valence-corrected chi connectivity index (χ4v) is 3.61. The minimum Gasteiger partial charge on any atom is -0.351 e. The molecule has 2 fully saturated rings. The number of nitriles is 1. The molecule has 3 heteroatoms. The molecule has 106 valence electrons. The third-order valence-corrected chi connectivity index (χ3v) is 5.17.